The van der Waals surface area contributed by atoms with Crippen LogP contribution >= 0.6 is 11.3 Å². The second-order valence-corrected chi connectivity index (χ2v) is 16.6. The third-order valence-corrected chi connectivity index (χ3v) is 13.2. The summed E-state index contributed by atoms with van der Waals surface area (Å²) in [4.78, 5) is 15.9. The van der Waals surface area contributed by atoms with Crippen LogP contribution in [-0.4, -0.2) is 15.0 Å². The van der Waals surface area contributed by atoms with Crippen molar-refractivity contribution in [3.05, 3.63) is 175 Å². The van der Waals surface area contributed by atoms with Crippen LogP contribution in [0, 0.1) is 0 Å². The number of thiophene rings is 1. The van der Waals surface area contributed by atoms with E-state index in [4.69, 9.17) is 15.0 Å². The number of benzene rings is 8. The Labute approximate surface area is 328 Å². The Balaban J connectivity index is 1.08. The molecule has 0 unspecified atom stereocenters. The third kappa shape index (κ3) is 4.42. The van der Waals surface area contributed by atoms with E-state index < -0.39 is 0 Å². The maximum absolute atomic E-state index is 5.40. The summed E-state index contributed by atoms with van der Waals surface area (Å²) >= 11 is 1.82. The van der Waals surface area contributed by atoms with Crippen LogP contribution in [0.15, 0.2) is 164 Å². The molecule has 2 heterocycles. The highest BCUT2D eigenvalue weighted by Crippen LogP contribution is 2.53. The quantitative estimate of drug-likeness (QED) is 0.181. The number of rotatable bonds is 4. The lowest BCUT2D eigenvalue weighted by Gasteiger charge is -2.24. The molecule has 2 aliphatic carbocycles. The van der Waals surface area contributed by atoms with Gasteiger partial charge >= 0.3 is 0 Å². The van der Waals surface area contributed by atoms with Gasteiger partial charge in [-0.2, -0.15) is 0 Å². The number of aromatic nitrogens is 3. The predicted octanol–water partition coefficient (Wildman–Crippen LogP) is 14.0. The molecule has 262 valence electrons. The summed E-state index contributed by atoms with van der Waals surface area (Å²) in [5, 5.41) is 5.02. The molecule has 0 atom stereocenters. The first kappa shape index (κ1) is 31.6. The molecule has 0 radical (unpaired) electrons. The standard InChI is InChI=1S/C52H33N3S/c1-52(2)42-25-7-6-17-34(42)37-21-11-24-40(48(37)52)51-54-49(31-13-4-3-5-14-31)53-50(55-51)39-23-12-26-44-47(39)41-29-32(27-28-43(41)56-44)33-18-10-20-36-35-19-8-15-30-16-9-22-38(45(30)35)46(33)36/h3-29H,1-2H3. The summed E-state index contributed by atoms with van der Waals surface area (Å²) in [7, 11) is 0. The van der Waals surface area contributed by atoms with E-state index in [1.54, 1.807) is 0 Å². The van der Waals surface area contributed by atoms with Gasteiger partial charge in [0.05, 0.1) is 0 Å². The molecule has 4 heteroatoms. The summed E-state index contributed by atoms with van der Waals surface area (Å²) < 4.78 is 2.46. The second-order valence-electron chi connectivity index (χ2n) is 15.5. The minimum Gasteiger partial charge on any atom is -0.208 e. The highest BCUT2D eigenvalue weighted by molar-refractivity contribution is 7.26. The Morgan fingerprint density at radius 2 is 1.04 bits per heavy atom. The fourth-order valence-corrected chi connectivity index (χ4v) is 10.7. The molecule has 2 aliphatic rings. The molecule has 8 aromatic carbocycles. The van der Waals surface area contributed by atoms with Gasteiger partial charge in [0.2, 0.25) is 0 Å². The summed E-state index contributed by atoms with van der Waals surface area (Å²) in [6.07, 6.45) is 0. The highest BCUT2D eigenvalue weighted by atomic mass is 32.1. The first-order valence-corrected chi connectivity index (χ1v) is 20.0. The summed E-state index contributed by atoms with van der Waals surface area (Å²) in [5.41, 5.74) is 15.6. The van der Waals surface area contributed by atoms with Crippen LogP contribution in [-0.2, 0) is 5.41 Å². The Kier molecular flexibility index (Phi) is 6.56. The molecule has 3 nitrogen and oxygen atoms in total. The van der Waals surface area contributed by atoms with Crippen molar-refractivity contribution in [3.8, 4) is 78.7 Å². The molecule has 10 aromatic rings. The molecular formula is C52H33N3S. The smallest absolute Gasteiger partial charge is 0.164 e. The maximum atomic E-state index is 5.40. The third-order valence-electron chi connectivity index (χ3n) is 12.1. The van der Waals surface area contributed by atoms with Gasteiger partial charge in [0, 0.05) is 42.3 Å². The van der Waals surface area contributed by atoms with Gasteiger partial charge in [0.1, 0.15) is 0 Å². The molecule has 0 N–H and O–H groups in total. The molecule has 0 fully saturated rings. The number of hydrogen-bond acceptors (Lipinski definition) is 4. The summed E-state index contributed by atoms with van der Waals surface area (Å²) in [6.45, 7) is 4.64. The fourth-order valence-electron chi connectivity index (χ4n) is 9.63. The fraction of sp³-hybridized carbons (Fsp3) is 0.0577. The lowest BCUT2D eigenvalue weighted by Crippen LogP contribution is -2.17. The number of fused-ring (bicyclic) bond motifs is 9. The van der Waals surface area contributed by atoms with Gasteiger partial charge in [-0.05, 0) is 84.6 Å². The van der Waals surface area contributed by atoms with Crippen molar-refractivity contribution in [3.63, 3.8) is 0 Å². The van der Waals surface area contributed by atoms with Gasteiger partial charge in [-0.15, -0.1) is 11.3 Å². The van der Waals surface area contributed by atoms with E-state index in [0.29, 0.717) is 17.5 Å². The van der Waals surface area contributed by atoms with Crippen LogP contribution in [0.2, 0.25) is 0 Å². The average Bonchev–Trinajstić information content (AvgIpc) is 3.87. The van der Waals surface area contributed by atoms with Gasteiger partial charge in [0.15, 0.2) is 17.5 Å². The predicted molar refractivity (Wildman–Crippen MR) is 234 cm³/mol. The molecule has 12 rings (SSSR count). The SMILES string of the molecule is CC1(C)c2ccccc2-c2cccc(-c3nc(-c4ccccc4)nc(-c4cccc5sc6ccc(-c7cccc8c7-c7cccc9cccc-8c79)cc6c45)n3)c21. The van der Waals surface area contributed by atoms with E-state index >= 15 is 0 Å². The molecule has 2 aromatic heterocycles. The van der Waals surface area contributed by atoms with Crippen molar-refractivity contribution in [1.29, 1.82) is 0 Å². The molecule has 0 amide bonds. The Morgan fingerprint density at radius 3 is 1.89 bits per heavy atom. The monoisotopic (exact) mass is 731 g/mol. The van der Waals surface area contributed by atoms with Gasteiger partial charge in [-0.25, -0.2) is 15.0 Å². The van der Waals surface area contributed by atoms with E-state index in [0.717, 1.165) is 16.7 Å². The zero-order valence-electron chi connectivity index (χ0n) is 30.8. The maximum Gasteiger partial charge on any atom is 0.164 e. The molecular weight excluding hydrogens is 699 g/mol. The van der Waals surface area contributed by atoms with Gasteiger partial charge in [-0.1, -0.05) is 159 Å². The van der Waals surface area contributed by atoms with E-state index in [9.17, 15) is 0 Å². The van der Waals surface area contributed by atoms with Gasteiger partial charge in [-0.3, -0.25) is 0 Å². The van der Waals surface area contributed by atoms with E-state index in [-0.39, 0.29) is 5.41 Å². The zero-order valence-corrected chi connectivity index (χ0v) is 31.7. The number of nitrogens with zero attached hydrogens (tertiary/aromatic N) is 3. The van der Waals surface area contributed by atoms with E-state index in [2.05, 4.69) is 159 Å². The minimum atomic E-state index is -0.216. The van der Waals surface area contributed by atoms with Crippen molar-refractivity contribution in [2.45, 2.75) is 19.3 Å². The Bertz CT molecular complexity index is 3280. The summed E-state index contributed by atoms with van der Waals surface area (Å²) in [5.74, 6) is 2.04. The largest absolute Gasteiger partial charge is 0.208 e. The lowest BCUT2D eigenvalue weighted by molar-refractivity contribution is 0.661. The molecule has 0 aliphatic heterocycles. The minimum absolute atomic E-state index is 0.216. The topological polar surface area (TPSA) is 38.7 Å². The molecule has 0 spiro atoms. The van der Waals surface area contributed by atoms with Crippen LogP contribution in [0.4, 0.5) is 0 Å². The zero-order chi connectivity index (χ0) is 37.1. The molecule has 0 saturated carbocycles. The van der Waals surface area contributed by atoms with Crippen LogP contribution in [0.5, 0.6) is 0 Å². The first-order valence-electron chi connectivity index (χ1n) is 19.2. The van der Waals surface area contributed by atoms with Gasteiger partial charge < -0.3 is 0 Å². The van der Waals surface area contributed by atoms with Gasteiger partial charge in [0.25, 0.3) is 0 Å². The molecule has 0 bridgehead atoms. The van der Waals surface area contributed by atoms with Crippen molar-refractivity contribution in [1.82, 2.24) is 15.0 Å². The van der Waals surface area contributed by atoms with E-state index in [1.807, 2.05) is 29.5 Å². The summed E-state index contributed by atoms with van der Waals surface area (Å²) in [6, 6.07) is 59.3. The van der Waals surface area contributed by atoms with E-state index in [1.165, 1.54) is 86.6 Å². The first-order chi connectivity index (χ1) is 27.5. The van der Waals surface area contributed by atoms with Crippen molar-refractivity contribution in [2.24, 2.45) is 0 Å². The Hall–Kier alpha value is -6.75. The number of hydrogen-bond donors (Lipinski definition) is 0. The van der Waals surface area contributed by atoms with Crippen molar-refractivity contribution < 1.29 is 0 Å². The molecule has 56 heavy (non-hydrogen) atoms. The lowest BCUT2D eigenvalue weighted by atomic mass is 9.80. The molecule has 0 saturated heterocycles. The highest BCUT2D eigenvalue weighted by Gasteiger charge is 2.38. The van der Waals surface area contributed by atoms with Crippen LogP contribution in [0.3, 0.4) is 0 Å². The van der Waals surface area contributed by atoms with Crippen LogP contribution in [0.25, 0.3) is 110 Å². The van der Waals surface area contributed by atoms with Crippen molar-refractivity contribution >= 4 is 42.3 Å². The van der Waals surface area contributed by atoms with Crippen LogP contribution in [0.1, 0.15) is 25.0 Å². The second kappa shape index (κ2) is 11.6. The van der Waals surface area contributed by atoms with Crippen LogP contribution < -0.4 is 0 Å². The average molecular weight is 732 g/mol. The normalized spacial score (nSPS) is 13.3. The Morgan fingerprint density at radius 1 is 0.411 bits per heavy atom. The van der Waals surface area contributed by atoms with Crippen molar-refractivity contribution in [2.75, 3.05) is 0 Å².